The number of ketones is 1. The predicted octanol–water partition coefficient (Wildman–Crippen LogP) is 1.03. The Labute approximate surface area is 86.8 Å². The fourth-order valence-corrected chi connectivity index (χ4v) is 1.44. The van der Waals surface area contributed by atoms with Crippen molar-refractivity contribution in [1.82, 2.24) is 0 Å². The molecule has 0 aromatic carbocycles. The van der Waals surface area contributed by atoms with E-state index in [1.807, 2.05) is 0 Å². The van der Waals surface area contributed by atoms with Gasteiger partial charge < -0.3 is 9.47 Å². The average molecular weight is 219 g/mol. The Morgan fingerprint density at radius 1 is 1.64 bits per heavy atom. The molecule has 0 spiro atoms. The van der Waals surface area contributed by atoms with Crippen LogP contribution in [0.1, 0.15) is 13.3 Å². The lowest BCUT2D eigenvalue weighted by atomic mass is 10.2. The zero-order chi connectivity index (χ0) is 10.7. The summed E-state index contributed by atoms with van der Waals surface area (Å²) in [5.74, 6) is -0.832. The van der Waals surface area contributed by atoms with Crippen molar-refractivity contribution in [1.29, 1.82) is 0 Å². The van der Waals surface area contributed by atoms with E-state index in [2.05, 4.69) is 0 Å². The second-order valence-electron chi connectivity index (χ2n) is 2.99. The lowest BCUT2D eigenvalue weighted by molar-refractivity contribution is -0.151. The molecule has 1 aliphatic rings. The minimum absolute atomic E-state index is 0.245. The molecule has 1 atom stereocenters. The van der Waals surface area contributed by atoms with Crippen LogP contribution in [0.3, 0.4) is 0 Å². The highest BCUT2D eigenvalue weighted by atomic mass is 35.5. The maximum absolute atomic E-state index is 11.5. The van der Waals surface area contributed by atoms with Gasteiger partial charge in [0.15, 0.2) is 11.9 Å². The lowest BCUT2D eigenvalue weighted by Crippen LogP contribution is -2.25. The fourth-order valence-electron chi connectivity index (χ4n) is 1.38. The molecular weight excluding hydrogens is 208 g/mol. The van der Waals surface area contributed by atoms with E-state index in [1.165, 1.54) is 7.11 Å². The molecule has 0 aromatic rings. The van der Waals surface area contributed by atoms with Crippen LogP contribution >= 0.6 is 11.6 Å². The first-order valence-electron chi connectivity index (χ1n) is 4.13. The number of alkyl halides is 1. The molecule has 78 valence electrons. The van der Waals surface area contributed by atoms with Crippen molar-refractivity contribution in [3.8, 4) is 0 Å². The molecule has 4 nitrogen and oxygen atoms in total. The topological polar surface area (TPSA) is 52.6 Å². The van der Waals surface area contributed by atoms with Crippen LogP contribution in [-0.4, -0.2) is 30.8 Å². The molecule has 0 fully saturated rings. The van der Waals surface area contributed by atoms with Gasteiger partial charge >= 0.3 is 5.97 Å². The molecule has 14 heavy (non-hydrogen) atoms. The van der Waals surface area contributed by atoms with Gasteiger partial charge in [0.25, 0.3) is 0 Å². The van der Waals surface area contributed by atoms with E-state index in [9.17, 15) is 9.59 Å². The van der Waals surface area contributed by atoms with Gasteiger partial charge in [0.2, 0.25) is 5.78 Å². The van der Waals surface area contributed by atoms with Crippen molar-refractivity contribution in [3.63, 3.8) is 0 Å². The predicted molar refractivity (Wildman–Crippen MR) is 49.9 cm³/mol. The Kier molecular flexibility index (Phi) is 3.52. The van der Waals surface area contributed by atoms with Crippen molar-refractivity contribution in [2.45, 2.75) is 19.4 Å². The number of halogens is 1. The van der Waals surface area contributed by atoms with Crippen LogP contribution in [-0.2, 0) is 19.1 Å². The van der Waals surface area contributed by atoms with Gasteiger partial charge in [-0.3, -0.25) is 9.59 Å². The minimum atomic E-state index is -0.754. The molecule has 0 saturated heterocycles. The average Bonchev–Trinajstić information content (AvgIpc) is 2.42. The van der Waals surface area contributed by atoms with Crippen LogP contribution in [0.4, 0.5) is 0 Å². The van der Waals surface area contributed by atoms with Gasteiger partial charge in [-0.2, -0.15) is 0 Å². The summed E-state index contributed by atoms with van der Waals surface area (Å²) in [5, 5.41) is 0. The summed E-state index contributed by atoms with van der Waals surface area (Å²) in [6.07, 6.45) is -0.360. The van der Waals surface area contributed by atoms with Gasteiger partial charge in [-0.1, -0.05) is 0 Å². The van der Waals surface area contributed by atoms with Gasteiger partial charge in [0, 0.05) is 6.42 Å². The third-order valence-electron chi connectivity index (χ3n) is 1.98. The summed E-state index contributed by atoms with van der Waals surface area (Å²) in [6.45, 7) is 1.77. The van der Waals surface area contributed by atoms with Crippen LogP contribution in [0.15, 0.2) is 11.3 Å². The molecule has 0 amide bonds. The van der Waals surface area contributed by atoms with Crippen LogP contribution in [0.5, 0.6) is 0 Å². The number of ether oxygens (including phenoxy) is 2. The summed E-state index contributed by atoms with van der Waals surface area (Å²) in [6, 6.07) is 0. The molecule has 0 radical (unpaired) electrons. The first-order valence-corrected chi connectivity index (χ1v) is 4.67. The third kappa shape index (κ3) is 2.07. The lowest BCUT2D eigenvalue weighted by Gasteiger charge is -2.09. The van der Waals surface area contributed by atoms with Gasteiger partial charge in [0.1, 0.15) is 5.88 Å². The number of methoxy groups -OCH3 is 1. The molecule has 5 heteroatoms. The largest absolute Gasteiger partial charge is 0.493 e. The zero-order valence-electron chi connectivity index (χ0n) is 8.00. The number of carbonyl (C=O) groups is 2. The molecular formula is C9H11ClO4. The van der Waals surface area contributed by atoms with Crippen molar-refractivity contribution >= 4 is 23.4 Å². The number of esters is 1. The number of rotatable bonds is 3. The van der Waals surface area contributed by atoms with E-state index in [4.69, 9.17) is 21.1 Å². The highest BCUT2D eigenvalue weighted by molar-refractivity contribution is 6.26. The SMILES string of the molecule is COC1=C(C)CC(OC(=O)CCl)C1=O. The number of Topliss-reactive ketones (excluding diaryl/α,β-unsaturated/α-hetero) is 1. The van der Waals surface area contributed by atoms with Crippen molar-refractivity contribution < 1.29 is 19.1 Å². The molecule has 0 aliphatic heterocycles. The number of hydrogen-bond donors (Lipinski definition) is 0. The minimum Gasteiger partial charge on any atom is -0.493 e. The maximum atomic E-state index is 11.5. The van der Waals surface area contributed by atoms with E-state index >= 15 is 0 Å². The second kappa shape index (κ2) is 4.46. The number of hydrogen-bond acceptors (Lipinski definition) is 4. The van der Waals surface area contributed by atoms with Crippen molar-refractivity contribution in [2.75, 3.05) is 13.0 Å². The Morgan fingerprint density at radius 2 is 2.29 bits per heavy atom. The van der Waals surface area contributed by atoms with Crippen LogP contribution < -0.4 is 0 Å². The fraction of sp³-hybridized carbons (Fsp3) is 0.556. The molecule has 0 N–H and O–H groups in total. The maximum Gasteiger partial charge on any atom is 0.321 e. The van der Waals surface area contributed by atoms with E-state index in [-0.39, 0.29) is 17.4 Å². The Hall–Kier alpha value is -1.03. The Balaban J connectivity index is 2.64. The second-order valence-corrected chi connectivity index (χ2v) is 3.26. The molecule has 0 heterocycles. The first kappa shape index (κ1) is 11.0. The Bertz CT molecular complexity index is 295. The van der Waals surface area contributed by atoms with Gasteiger partial charge in [0.05, 0.1) is 7.11 Å². The molecule has 0 aromatic heterocycles. The molecule has 1 unspecified atom stereocenters. The van der Waals surface area contributed by atoms with Crippen LogP contribution in [0.2, 0.25) is 0 Å². The smallest absolute Gasteiger partial charge is 0.321 e. The molecule has 0 bridgehead atoms. The van der Waals surface area contributed by atoms with E-state index < -0.39 is 12.1 Å². The monoisotopic (exact) mass is 218 g/mol. The van der Waals surface area contributed by atoms with Gasteiger partial charge in [-0.05, 0) is 12.5 Å². The third-order valence-corrected chi connectivity index (χ3v) is 2.20. The highest BCUT2D eigenvalue weighted by Crippen LogP contribution is 2.25. The van der Waals surface area contributed by atoms with E-state index in [0.29, 0.717) is 6.42 Å². The quantitative estimate of drug-likeness (QED) is 0.525. The Morgan fingerprint density at radius 3 is 2.71 bits per heavy atom. The summed E-state index contributed by atoms with van der Waals surface area (Å²) >= 11 is 5.25. The standard InChI is InChI=1S/C9H11ClO4/c1-5-3-6(14-7(11)4-10)8(12)9(5)13-2/h6H,3-4H2,1-2H3. The van der Waals surface area contributed by atoms with Crippen molar-refractivity contribution in [2.24, 2.45) is 0 Å². The summed E-state index contributed by atoms with van der Waals surface area (Å²) in [7, 11) is 1.42. The number of carbonyl (C=O) groups excluding carboxylic acids is 2. The molecule has 1 rings (SSSR count). The normalized spacial score (nSPS) is 21.4. The molecule has 1 aliphatic carbocycles. The highest BCUT2D eigenvalue weighted by Gasteiger charge is 2.34. The van der Waals surface area contributed by atoms with Crippen molar-refractivity contribution in [3.05, 3.63) is 11.3 Å². The van der Waals surface area contributed by atoms with Gasteiger partial charge in [-0.25, -0.2) is 0 Å². The summed E-state index contributed by atoms with van der Waals surface area (Å²) in [5.41, 5.74) is 0.796. The van der Waals surface area contributed by atoms with Crippen LogP contribution in [0, 0.1) is 0 Å². The summed E-state index contributed by atoms with van der Waals surface area (Å²) < 4.78 is 9.72. The van der Waals surface area contributed by atoms with E-state index in [0.717, 1.165) is 5.57 Å². The van der Waals surface area contributed by atoms with Crippen LogP contribution in [0.25, 0.3) is 0 Å². The van der Waals surface area contributed by atoms with E-state index in [1.54, 1.807) is 6.92 Å². The zero-order valence-corrected chi connectivity index (χ0v) is 8.76. The first-order chi connectivity index (χ1) is 6.60. The molecule has 0 saturated carbocycles. The summed E-state index contributed by atoms with van der Waals surface area (Å²) in [4.78, 5) is 22.3. The van der Waals surface area contributed by atoms with Gasteiger partial charge in [-0.15, -0.1) is 11.6 Å².